The van der Waals surface area contributed by atoms with Gasteiger partial charge in [-0.1, -0.05) is 30.3 Å². The normalized spacial score (nSPS) is 9.41. The van der Waals surface area contributed by atoms with Gasteiger partial charge in [0.15, 0.2) is 0 Å². The molecule has 1 rings (SSSR count). The lowest BCUT2D eigenvalue weighted by molar-refractivity contribution is 0.0987. The molecule has 0 spiro atoms. The first-order valence-electron chi connectivity index (χ1n) is 5.60. The average molecular weight is 232 g/mol. The predicted molar refractivity (Wildman–Crippen MR) is 64.1 cm³/mol. The van der Waals surface area contributed by atoms with Crippen LogP contribution < -0.4 is 0 Å². The Labute approximate surface area is 101 Å². The summed E-state index contributed by atoms with van der Waals surface area (Å²) in [6.45, 7) is 3.10. The van der Waals surface area contributed by atoms with Crippen molar-refractivity contribution in [2.75, 3.05) is 13.1 Å². The number of amides is 1. The summed E-state index contributed by atoms with van der Waals surface area (Å²) in [6, 6.07) is 11.5. The quantitative estimate of drug-likeness (QED) is 0.784. The van der Waals surface area contributed by atoms with Crippen LogP contribution in [0.15, 0.2) is 30.3 Å². The zero-order valence-corrected chi connectivity index (χ0v) is 9.93. The summed E-state index contributed by atoms with van der Waals surface area (Å²) in [5, 5.41) is 8.47. The number of nitrogens with zero attached hydrogens (tertiary/aromatic N) is 2. The number of nitriles is 1. The van der Waals surface area contributed by atoms with Crippen LogP contribution in [0.2, 0.25) is 0 Å². The van der Waals surface area contributed by atoms with Gasteiger partial charge in [-0.3, -0.25) is 0 Å². The minimum absolute atomic E-state index is 0.267. The largest absolute Gasteiger partial charge is 0.445 e. The SMILES string of the molecule is CCN(CCC#N)C(=O)OCc1ccccc1. The molecule has 0 atom stereocenters. The Balaban J connectivity index is 2.40. The van der Waals surface area contributed by atoms with E-state index in [9.17, 15) is 4.79 Å². The Hall–Kier alpha value is -2.02. The fraction of sp³-hybridized carbons (Fsp3) is 0.385. The second kappa shape index (κ2) is 7.29. The van der Waals surface area contributed by atoms with Crippen LogP contribution >= 0.6 is 0 Å². The maximum Gasteiger partial charge on any atom is 0.410 e. The van der Waals surface area contributed by atoms with Gasteiger partial charge in [0.05, 0.1) is 12.5 Å². The van der Waals surface area contributed by atoms with Crippen LogP contribution in [0, 0.1) is 11.3 Å². The number of ether oxygens (including phenoxy) is 1. The van der Waals surface area contributed by atoms with E-state index in [4.69, 9.17) is 10.00 Å². The fourth-order valence-corrected chi connectivity index (χ4v) is 1.37. The molecule has 4 nitrogen and oxygen atoms in total. The smallest absolute Gasteiger partial charge is 0.410 e. The maximum absolute atomic E-state index is 11.6. The molecular weight excluding hydrogens is 216 g/mol. The van der Waals surface area contributed by atoms with E-state index >= 15 is 0 Å². The monoisotopic (exact) mass is 232 g/mol. The number of hydrogen-bond acceptors (Lipinski definition) is 3. The summed E-state index contributed by atoms with van der Waals surface area (Å²) in [5.74, 6) is 0. The van der Waals surface area contributed by atoms with Gasteiger partial charge in [-0.25, -0.2) is 4.79 Å². The fourth-order valence-electron chi connectivity index (χ4n) is 1.37. The molecule has 0 fully saturated rings. The van der Waals surface area contributed by atoms with Crippen molar-refractivity contribution in [1.29, 1.82) is 5.26 Å². The molecule has 0 aliphatic heterocycles. The minimum Gasteiger partial charge on any atom is -0.445 e. The Bertz CT molecular complexity index is 384. The molecule has 0 heterocycles. The summed E-state index contributed by atoms with van der Waals surface area (Å²) < 4.78 is 5.16. The number of hydrogen-bond donors (Lipinski definition) is 0. The van der Waals surface area contributed by atoms with E-state index in [2.05, 4.69) is 0 Å². The van der Waals surface area contributed by atoms with E-state index in [1.54, 1.807) is 0 Å². The van der Waals surface area contributed by atoms with Crippen molar-refractivity contribution < 1.29 is 9.53 Å². The Kier molecular flexibility index (Phi) is 5.59. The molecule has 0 N–H and O–H groups in total. The molecule has 4 heteroatoms. The number of carbonyl (C=O) groups excluding carboxylic acids is 1. The van der Waals surface area contributed by atoms with E-state index in [-0.39, 0.29) is 12.7 Å². The highest BCUT2D eigenvalue weighted by molar-refractivity contribution is 5.67. The molecule has 17 heavy (non-hydrogen) atoms. The second-order valence-corrected chi connectivity index (χ2v) is 3.53. The summed E-state index contributed by atoms with van der Waals surface area (Å²) in [4.78, 5) is 13.2. The van der Waals surface area contributed by atoms with Crippen LogP contribution in [0.25, 0.3) is 0 Å². The van der Waals surface area contributed by atoms with Crippen LogP contribution in [-0.2, 0) is 11.3 Å². The molecule has 0 radical (unpaired) electrons. The van der Waals surface area contributed by atoms with Crippen LogP contribution in [-0.4, -0.2) is 24.1 Å². The van der Waals surface area contributed by atoms with Crippen molar-refractivity contribution in [2.45, 2.75) is 20.0 Å². The minimum atomic E-state index is -0.369. The van der Waals surface area contributed by atoms with E-state index in [0.29, 0.717) is 19.5 Å². The van der Waals surface area contributed by atoms with Gasteiger partial charge < -0.3 is 9.64 Å². The molecule has 0 aliphatic carbocycles. The molecule has 0 bridgehead atoms. The van der Waals surface area contributed by atoms with Crippen molar-refractivity contribution in [3.05, 3.63) is 35.9 Å². The zero-order valence-electron chi connectivity index (χ0n) is 9.93. The highest BCUT2D eigenvalue weighted by Gasteiger charge is 2.12. The van der Waals surface area contributed by atoms with Gasteiger partial charge in [0, 0.05) is 13.1 Å². The zero-order chi connectivity index (χ0) is 12.5. The molecule has 0 saturated carbocycles. The first-order chi connectivity index (χ1) is 8.27. The number of rotatable bonds is 5. The topological polar surface area (TPSA) is 53.3 Å². The molecular formula is C13H16N2O2. The standard InChI is InChI=1S/C13H16N2O2/c1-2-15(10-6-9-14)13(16)17-11-12-7-4-3-5-8-12/h3-5,7-8H,2,6,10-11H2,1H3. The first kappa shape index (κ1) is 13.0. The van der Waals surface area contributed by atoms with E-state index in [1.807, 2.05) is 43.3 Å². The molecule has 90 valence electrons. The third kappa shape index (κ3) is 4.56. The molecule has 1 aromatic rings. The van der Waals surface area contributed by atoms with Gasteiger partial charge in [-0.15, -0.1) is 0 Å². The van der Waals surface area contributed by atoms with Crippen molar-refractivity contribution in [3.63, 3.8) is 0 Å². The Morgan fingerprint density at radius 3 is 2.71 bits per heavy atom. The molecule has 1 amide bonds. The van der Waals surface area contributed by atoms with Crippen molar-refractivity contribution in [2.24, 2.45) is 0 Å². The van der Waals surface area contributed by atoms with Gasteiger partial charge in [0.1, 0.15) is 6.61 Å². The lowest BCUT2D eigenvalue weighted by atomic mass is 10.2. The maximum atomic E-state index is 11.6. The summed E-state index contributed by atoms with van der Waals surface area (Å²) >= 11 is 0. The first-order valence-corrected chi connectivity index (χ1v) is 5.60. The molecule has 0 unspecified atom stereocenters. The number of carbonyl (C=O) groups is 1. The van der Waals surface area contributed by atoms with Gasteiger partial charge >= 0.3 is 6.09 Å². The lowest BCUT2D eigenvalue weighted by Gasteiger charge is -2.18. The Morgan fingerprint density at radius 2 is 2.12 bits per heavy atom. The average Bonchev–Trinajstić information content (AvgIpc) is 2.38. The van der Waals surface area contributed by atoms with Gasteiger partial charge in [0.25, 0.3) is 0 Å². The van der Waals surface area contributed by atoms with Gasteiger partial charge in [-0.2, -0.15) is 5.26 Å². The van der Waals surface area contributed by atoms with E-state index in [0.717, 1.165) is 5.56 Å². The predicted octanol–water partition coefficient (Wildman–Crippen LogP) is 2.56. The van der Waals surface area contributed by atoms with Crippen LogP contribution in [0.1, 0.15) is 18.9 Å². The third-order valence-corrected chi connectivity index (χ3v) is 2.34. The van der Waals surface area contributed by atoms with Crippen molar-refractivity contribution in [1.82, 2.24) is 4.90 Å². The van der Waals surface area contributed by atoms with Crippen LogP contribution in [0.3, 0.4) is 0 Å². The van der Waals surface area contributed by atoms with Gasteiger partial charge in [0.2, 0.25) is 0 Å². The number of benzene rings is 1. The van der Waals surface area contributed by atoms with Gasteiger partial charge in [-0.05, 0) is 12.5 Å². The van der Waals surface area contributed by atoms with Crippen LogP contribution in [0.4, 0.5) is 4.79 Å². The molecule has 1 aromatic carbocycles. The van der Waals surface area contributed by atoms with E-state index < -0.39 is 0 Å². The molecule has 0 saturated heterocycles. The summed E-state index contributed by atoms with van der Waals surface area (Å²) in [5.41, 5.74) is 0.956. The van der Waals surface area contributed by atoms with Crippen molar-refractivity contribution >= 4 is 6.09 Å². The highest BCUT2D eigenvalue weighted by atomic mass is 16.6. The molecule has 0 aliphatic rings. The third-order valence-electron chi connectivity index (χ3n) is 2.34. The highest BCUT2D eigenvalue weighted by Crippen LogP contribution is 2.03. The Morgan fingerprint density at radius 1 is 1.41 bits per heavy atom. The molecule has 0 aromatic heterocycles. The van der Waals surface area contributed by atoms with Crippen molar-refractivity contribution in [3.8, 4) is 6.07 Å². The van der Waals surface area contributed by atoms with Crippen LogP contribution in [0.5, 0.6) is 0 Å². The summed E-state index contributed by atoms with van der Waals surface area (Å²) in [7, 11) is 0. The lowest BCUT2D eigenvalue weighted by Crippen LogP contribution is -2.32. The summed E-state index contributed by atoms with van der Waals surface area (Å²) in [6.07, 6.45) is -0.0412. The second-order valence-electron chi connectivity index (χ2n) is 3.53. The van der Waals surface area contributed by atoms with E-state index in [1.165, 1.54) is 4.90 Å².